The predicted octanol–water partition coefficient (Wildman–Crippen LogP) is 4.18. The maximum atomic E-state index is 13.9. The Hall–Kier alpha value is -4.69. The van der Waals surface area contributed by atoms with Crippen LogP contribution in [0, 0.1) is 0 Å². The number of carbonyl (C=O) groups excluding carboxylic acids is 1. The van der Waals surface area contributed by atoms with Crippen LogP contribution < -0.4 is 20.7 Å². The van der Waals surface area contributed by atoms with Crippen LogP contribution in [0.2, 0.25) is 0 Å². The fourth-order valence-electron chi connectivity index (χ4n) is 3.76. The van der Waals surface area contributed by atoms with E-state index in [4.69, 9.17) is 9.84 Å². The number of aliphatic hydroxyl groups is 1. The zero-order valence-electron chi connectivity index (χ0n) is 22.3. The Morgan fingerprint density at radius 1 is 1.12 bits per heavy atom. The van der Waals surface area contributed by atoms with E-state index in [9.17, 15) is 22.5 Å². The van der Waals surface area contributed by atoms with Gasteiger partial charge in [-0.3, -0.25) is 14.0 Å². The second-order valence-corrected chi connectivity index (χ2v) is 9.22. The number of alkyl halides is 3. The van der Waals surface area contributed by atoms with Gasteiger partial charge in [-0.25, -0.2) is 9.97 Å². The molecule has 4 aromatic rings. The number of amides is 1. The lowest BCUT2D eigenvalue weighted by Gasteiger charge is -2.17. The average molecular weight is 604 g/mol. The molecule has 0 saturated heterocycles. The topological polar surface area (TPSA) is 169 Å². The molecule has 42 heavy (non-hydrogen) atoms. The number of nitrogens with one attached hydrogen (secondary N) is 3. The first kappa shape index (κ1) is 30.3. The smallest absolute Gasteiger partial charge is 0.421 e. The molecule has 17 heteroatoms. The quantitative estimate of drug-likeness (QED) is 0.171. The summed E-state index contributed by atoms with van der Waals surface area (Å²) in [5, 5.41) is 24.8. The van der Waals surface area contributed by atoms with Gasteiger partial charge in [-0.05, 0) is 36.2 Å². The first-order chi connectivity index (χ1) is 20.2. The minimum absolute atomic E-state index is 0.0308. The number of anilines is 4. The summed E-state index contributed by atoms with van der Waals surface area (Å²) in [7, 11) is 2.68. The number of benzene rings is 1. The van der Waals surface area contributed by atoms with Gasteiger partial charge in [-0.2, -0.15) is 18.2 Å². The number of aromatic nitrogens is 6. The first-order valence-corrected chi connectivity index (χ1v) is 13.3. The molecule has 4 N–H and O–H groups in total. The Morgan fingerprint density at radius 3 is 2.60 bits per heavy atom. The van der Waals surface area contributed by atoms with Gasteiger partial charge in [0.2, 0.25) is 5.95 Å². The highest BCUT2D eigenvalue weighted by Gasteiger charge is 2.36. The number of methoxy groups -OCH3 is 1. The number of ether oxygens (including phenoxy) is 1. The highest BCUT2D eigenvalue weighted by atomic mass is 31.1. The zero-order valence-corrected chi connectivity index (χ0v) is 23.2. The Labute approximate surface area is 238 Å². The molecule has 1 amide bonds. The molecule has 4 rings (SSSR count). The second kappa shape index (κ2) is 13.3. The SMILES string of the molecule is CNC(=O)c1nc(-c2cn(CCCO)nn2)ccc1Nc1nc(Nc2ccc(CP=O)cc2OC)ncc1C(F)(F)F. The van der Waals surface area contributed by atoms with Gasteiger partial charge in [-0.15, -0.1) is 5.10 Å². The van der Waals surface area contributed by atoms with Crippen molar-refractivity contribution in [2.45, 2.75) is 25.3 Å². The molecule has 0 aliphatic rings. The van der Waals surface area contributed by atoms with Crippen molar-refractivity contribution in [2.24, 2.45) is 0 Å². The summed E-state index contributed by atoms with van der Waals surface area (Å²) in [5.74, 6) is -1.15. The van der Waals surface area contributed by atoms with Gasteiger partial charge in [0.1, 0.15) is 22.8 Å². The maximum Gasteiger partial charge on any atom is 0.421 e. The lowest BCUT2D eigenvalue weighted by molar-refractivity contribution is -0.137. The van der Waals surface area contributed by atoms with Gasteiger partial charge < -0.3 is 25.8 Å². The number of aryl methyl sites for hydroxylation is 1. The van der Waals surface area contributed by atoms with E-state index in [1.807, 2.05) is 0 Å². The number of nitrogens with zero attached hydrogens (tertiary/aromatic N) is 6. The number of rotatable bonds is 12. The number of halogens is 3. The Kier molecular flexibility index (Phi) is 9.60. The van der Waals surface area contributed by atoms with E-state index in [0.29, 0.717) is 36.3 Å². The molecule has 0 bridgehead atoms. The summed E-state index contributed by atoms with van der Waals surface area (Å²) in [5.41, 5.74) is 0.208. The van der Waals surface area contributed by atoms with E-state index in [1.165, 1.54) is 31.0 Å². The van der Waals surface area contributed by atoms with Gasteiger partial charge in [0, 0.05) is 26.4 Å². The van der Waals surface area contributed by atoms with E-state index < -0.39 is 23.5 Å². The summed E-state index contributed by atoms with van der Waals surface area (Å²) in [4.78, 5) is 24.9. The summed E-state index contributed by atoms with van der Waals surface area (Å²) < 4.78 is 59.6. The molecule has 0 fully saturated rings. The third kappa shape index (κ3) is 7.14. The molecule has 0 atom stereocenters. The van der Waals surface area contributed by atoms with E-state index in [1.54, 1.807) is 24.4 Å². The Morgan fingerprint density at radius 2 is 1.90 bits per heavy atom. The van der Waals surface area contributed by atoms with Crippen LogP contribution in [0.4, 0.5) is 36.3 Å². The number of aliphatic hydroxyl groups excluding tert-OH is 1. The van der Waals surface area contributed by atoms with Crippen molar-refractivity contribution < 1.29 is 32.4 Å². The van der Waals surface area contributed by atoms with Crippen molar-refractivity contribution in [2.75, 3.05) is 31.4 Å². The van der Waals surface area contributed by atoms with Crippen LogP contribution in [-0.2, 0) is 23.4 Å². The van der Waals surface area contributed by atoms with E-state index in [0.717, 1.165) is 5.56 Å². The van der Waals surface area contributed by atoms with E-state index in [-0.39, 0.29) is 44.3 Å². The number of hydrogen-bond acceptors (Lipinski definition) is 11. The van der Waals surface area contributed by atoms with Crippen molar-refractivity contribution in [1.29, 1.82) is 0 Å². The molecule has 220 valence electrons. The maximum absolute atomic E-state index is 13.9. The predicted molar refractivity (Wildman–Crippen MR) is 146 cm³/mol. The van der Waals surface area contributed by atoms with Gasteiger partial charge in [0.25, 0.3) is 5.91 Å². The van der Waals surface area contributed by atoms with Crippen LogP contribution in [0.15, 0.2) is 42.7 Å². The van der Waals surface area contributed by atoms with Crippen molar-refractivity contribution in [3.05, 3.63) is 59.5 Å². The summed E-state index contributed by atoms with van der Waals surface area (Å²) in [6.07, 6.45) is -1.93. The van der Waals surface area contributed by atoms with Crippen molar-refractivity contribution in [1.82, 2.24) is 35.3 Å². The highest BCUT2D eigenvalue weighted by Crippen LogP contribution is 2.37. The summed E-state index contributed by atoms with van der Waals surface area (Å²) in [6, 6.07) is 7.75. The van der Waals surface area contributed by atoms with Gasteiger partial charge in [0.15, 0.2) is 14.2 Å². The fourth-order valence-corrected chi connectivity index (χ4v) is 4.10. The minimum atomic E-state index is -4.83. The largest absolute Gasteiger partial charge is 0.495 e. The molecular weight excluding hydrogens is 578 g/mol. The molecule has 0 radical (unpaired) electrons. The molecule has 0 aliphatic heterocycles. The average Bonchev–Trinajstić information content (AvgIpc) is 3.45. The standard InChI is InChI=1S/C25H25F3N9O4P/c1-29-23(39)21-18(7-6-16(31-21)19-12-37(36-35-19)8-3-9-38)32-22-15(25(26,27)28)11-30-24(34-22)33-17-5-4-14(13-42-40)10-20(17)41-2/h4-7,10-12,38H,3,8-9,13H2,1-2H3,(H,29,39)(H2,30,32,33,34). The van der Waals surface area contributed by atoms with Crippen LogP contribution in [0.1, 0.15) is 28.0 Å². The van der Waals surface area contributed by atoms with Crippen LogP contribution >= 0.6 is 8.46 Å². The van der Waals surface area contributed by atoms with Crippen LogP contribution in [0.3, 0.4) is 0 Å². The van der Waals surface area contributed by atoms with E-state index >= 15 is 0 Å². The van der Waals surface area contributed by atoms with Crippen molar-refractivity contribution in [3.8, 4) is 17.1 Å². The zero-order chi connectivity index (χ0) is 30.3. The highest BCUT2D eigenvalue weighted by molar-refractivity contribution is 7.22. The van der Waals surface area contributed by atoms with E-state index in [2.05, 4.69) is 41.2 Å². The lowest BCUT2D eigenvalue weighted by atomic mass is 10.2. The van der Waals surface area contributed by atoms with Crippen molar-refractivity contribution >= 4 is 37.5 Å². The van der Waals surface area contributed by atoms with Crippen LogP contribution in [0.25, 0.3) is 11.4 Å². The molecule has 0 aliphatic carbocycles. The van der Waals surface area contributed by atoms with Crippen LogP contribution in [-0.4, -0.2) is 61.7 Å². The molecule has 3 aromatic heterocycles. The molecule has 13 nitrogen and oxygen atoms in total. The molecule has 0 unspecified atom stereocenters. The summed E-state index contributed by atoms with van der Waals surface area (Å²) >= 11 is 0. The molecule has 1 aromatic carbocycles. The summed E-state index contributed by atoms with van der Waals surface area (Å²) in [6.45, 7) is 0.378. The van der Waals surface area contributed by atoms with Crippen molar-refractivity contribution in [3.63, 3.8) is 0 Å². The Balaban J connectivity index is 1.70. The third-order valence-corrected chi connectivity index (χ3v) is 6.28. The normalized spacial score (nSPS) is 11.4. The molecule has 3 heterocycles. The minimum Gasteiger partial charge on any atom is -0.495 e. The van der Waals surface area contributed by atoms with Crippen LogP contribution in [0.5, 0.6) is 5.75 Å². The monoisotopic (exact) mass is 603 g/mol. The van der Waals surface area contributed by atoms with Gasteiger partial charge in [-0.1, -0.05) is 11.3 Å². The first-order valence-electron chi connectivity index (χ1n) is 12.4. The number of carbonyl (C=O) groups is 1. The fraction of sp³-hybridized carbons (Fsp3) is 0.280. The molecule has 0 spiro atoms. The third-order valence-electron chi connectivity index (χ3n) is 5.79. The number of pyridine rings is 1. The van der Waals surface area contributed by atoms with Gasteiger partial charge >= 0.3 is 6.18 Å². The lowest BCUT2D eigenvalue weighted by Crippen LogP contribution is -2.21. The second-order valence-electron chi connectivity index (χ2n) is 8.64. The Bertz CT molecular complexity index is 1580. The van der Waals surface area contributed by atoms with Gasteiger partial charge in [0.05, 0.1) is 36.5 Å². The molecular formula is C25H25F3N9O4P. The molecule has 0 saturated carbocycles. The number of hydrogen-bond donors (Lipinski definition) is 4.